The van der Waals surface area contributed by atoms with Crippen LogP contribution >= 0.6 is 0 Å². The van der Waals surface area contributed by atoms with Gasteiger partial charge in [0.25, 0.3) is 11.6 Å². The van der Waals surface area contributed by atoms with Gasteiger partial charge in [0.05, 0.1) is 4.92 Å². The number of rotatable bonds is 4. The minimum atomic E-state index is -0.632. The Hall–Kier alpha value is -3.02. The summed E-state index contributed by atoms with van der Waals surface area (Å²) < 4.78 is 0. The maximum atomic E-state index is 12.0. The van der Waals surface area contributed by atoms with Crippen molar-refractivity contribution in [3.05, 3.63) is 69.8 Å². The van der Waals surface area contributed by atoms with Gasteiger partial charge in [0.1, 0.15) is 5.69 Å². The molecule has 0 aliphatic carbocycles. The summed E-state index contributed by atoms with van der Waals surface area (Å²) in [5.41, 5.74) is 0.354. The lowest BCUT2D eigenvalue weighted by atomic mass is 10.1. The fourth-order valence-corrected chi connectivity index (χ4v) is 1.79. The average molecular weight is 284 g/mol. The van der Waals surface area contributed by atoms with Crippen LogP contribution in [0.1, 0.15) is 27.6 Å². The van der Waals surface area contributed by atoms with Crippen molar-refractivity contribution in [2.24, 2.45) is 0 Å². The van der Waals surface area contributed by atoms with Gasteiger partial charge in [0.2, 0.25) is 0 Å². The molecule has 0 radical (unpaired) electrons. The first-order valence-corrected chi connectivity index (χ1v) is 6.15. The Bertz CT molecular complexity index is 711. The number of nitro benzene ring substituents is 1. The third-order valence-corrected chi connectivity index (χ3v) is 2.89. The van der Waals surface area contributed by atoms with Crippen LogP contribution in [0.4, 0.5) is 11.4 Å². The lowest BCUT2D eigenvalue weighted by molar-refractivity contribution is -0.383. The van der Waals surface area contributed by atoms with Crippen molar-refractivity contribution in [2.45, 2.75) is 6.92 Å². The minimum absolute atomic E-state index is 0.0545. The number of anilines is 1. The van der Waals surface area contributed by atoms with E-state index in [0.717, 1.165) is 6.07 Å². The van der Waals surface area contributed by atoms with Crippen LogP contribution in [-0.4, -0.2) is 16.6 Å². The van der Waals surface area contributed by atoms with Crippen LogP contribution in [-0.2, 0) is 0 Å². The van der Waals surface area contributed by atoms with E-state index in [9.17, 15) is 19.7 Å². The first-order chi connectivity index (χ1) is 9.99. The Kier molecular flexibility index (Phi) is 4.08. The summed E-state index contributed by atoms with van der Waals surface area (Å²) in [6.07, 6.45) is 0. The van der Waals surface area contributed by atoms with E-state index in [1.54, 1.807) is 30.3 Å². The second-order valence-corrected chi connectivity index (χ2v) is 4.37. The van der Waals surface area contributed by atoms with Crippen LogP contribution in [0.2, 0.25) is 0 Å². The number of nitrogens with one attached hydrogen (secondary N) is 1. The third-order valence-electron chi connectivity index (χ3n) is 2.89. The highest BCUT2D eigenvalue weighted by Crippen LogP contribution is 2.26. The number of Topliss-reactive ketones (excluding diaryl/α,β-unsaturated/α-hetero) is 1. The zero-order chi connectivity index (χ0) is 15.4. The summed E-state index contributed by atoms with van der Waals surface area (Å²) in [5, 5.41) is 13.5. The number of benzene rings is 2. The highest BCUT2D eigenvalue weighted by molar-refractivity contribution is 6.06. The zero-order valence-corrected chi connectivity index (χ0v) is 11.2. The molecule has 6 nitrogen and oxygen atoms in total. The Morgan fingerprint density at radius 2 is 1.71 bits per heavy atom. The Morgan fingerprint density at radius 3 is 2.29 bits per heavy atom. The van der Waals surface area contributed by atoms with Crippen molar-refractivity contribution >= 4 is 23.1 Å². The van der Waals surface area contributed by atoms with Gasteiger partial charge in [-0.05, 0) is 31.2 Å². The summed E-state index contributed by atoms with van der Waals surface area (Å²) in [7, 11) is 0. The minimum Gasteiger partial charge on any atom is -0.316 e. The lowest BCUT2D eigenvalue weighted by Gasteiger charge is -2.07. The number of carbonyl (C=O) groups excluding carboxylic acids is 2. The molecule has 2 aromatic carbocycles. The largest absolute Gasteiger partial charge is 0.316 e. The van der Waals surface area contributed by atoms with Gasteiger partial charge in [0.15, 0.2) is 5.78 Å². The number of amides is 1. The molecule has 2 aromatic rings. The smallest absolute Gasteiger partial charge is 0.293 e. The summed E-state index contributed by atoms with van der Waals surface area (Å²) >= 11 is 0. The molecular weight excluding hydrogens is 272 g/mol. The summed E-state index contributed by atoms with van der Waals surface area (Å²) in [4.78, 5) is 33.7. The van der Waals surface area contributed by atoms with E-state index < -0.39 is 10.8 Å². The molecule has 1 N–H and O–H groups in total. The van der Waals surface area contributed by atoms with E-state index >= 15 is 0 Å². The normalized spacial score (nSPS) is 9.95. The molecule has 0 aliphatic rings. The molecule has 21 heavy (non-hydrogen) atoms. The Morgan fingerprint density at radius 1 is 1.05 bits per heavy atom. The first kappa shape index (κ1) is 14.4. The summed E-state index contributed by atoms with van der Waals surface area (Å²) in [6, 6.07) is 12.3. The topological polar surface area (TPSA) is 89.3 Å². The van der Waals surface area contributed by atoms with Crippen LogP contribution in [0, 0.1) is 10.1 Å². The Labute approximate surface area is 120 Å². The molecule has 0 bridgehead atoms. The molecule has 0 aromatic heterocycles. The van der Waals surface area contributed by atoms with Crippen molar-refractivity contribution in [3.63, 3.8) is 0 Å². The van der Waals surface area contributed by atoms with Crippen LogP contribution in [0.15, 0.2) is 48.5 Å². The van der Waals surface area contributed by atoms with E-state index in [2.05, 4.69) is 5.32 Å². The second kappa shape index (κ2) is 5.96. The van der Waals surface area contributed by atoms with Crippen molar-refractivity contribution in [3.8, 4) is 0 Å². The molecule has 0 heterocycles. The standard InChI is InChI=1S/C15H12N2O4/c1-10(18)12-7-8-13(14(9-12)17(20)21)16-15(19)11-5-3-2-4-6-11/h2-9H,1H3,(H,16,19). The summed E-state index contributed by atoms with van der Waals surface area (Å²) in [5.74, 6) is -0.728. The number of carbonyl (C=O) groups is 2. The van der Waals surface area contributed by atoms with Crippen molar-refractivity contribution in [1.82, 2.24) is 0 Å². The van der Waals surface area contributed by atoms with Gasteiger partial charge >= 0.3 is 0 Å². The number of ketones is 1. The molecule has 2 rings (SSSR count). The highest BCUT2D eigenvalue weighted by atomic mass is 16.6. The second-order valence-electron chi connectivity index (χ2n) is 4.37. The van der Waals surface area contributed by atoms with E-state index in [0.29, 0.717) is 5.56 Å². The molecule has 106 valence electrons. The van der Waals surface area contributed by atoms with Crippen LogP contribution < -0.4 is 5.32 Å². The number of hydrogen-bond acceptors (Lipinski definition) is 4. The fourth-order valence-electron chi connectivity index (χ4n) is 1.79. The third kappa shape index (κ3) is 3.30. The number of nitrogens with zero attached hydrogens (tertiary/aromatic N) is 1. The molecule has 0 saturated heterocycles. The van der Waals surface area contributed by atoms with E-state index in [4.69, 9.17) is 0 Å². The quantitative estimate of drug-likeness (QED) is 0.531. The van der Waals surface area contributed by atoms with E-state index in [1.807, 2.05) is 0 Å². The molecule has 0 unspecified atom stereocenters. The number of nitro groups is 1. The predicted octanol–water partition coefficient (Wildman–Crippen LogP) is 3.05. The first-order valence-electron chi connectivity index (χ1n) is 6.15. The molecular formula is C15H12N2O4. The van der Waals surface area contributed by atoms with Crippen molar-refractivity contribution < 1.29 is 14.5 Å². The SMILES string of the molecule is CC(=O)c1ccc(NC(=O)c2ccccc2)c([N+](=O)[O-])c1. The van der Waals surface area contributed by atoms with Gasteiger partial charge in [0, 0.05) is 17.2 Å². The lowest BCUT2D eigenvalue weighted by Crippen LogP contribution is -2.13. The summed E-state index contributed by atoms with van der Waals surface area (Å²) in [6.45, 7) is 1.32. The highest BCUT2D eigenvalue weighted by Gasteiger charge is 2.18. The maximum Gasteiger partial charge on any atom is 0.293 e. The van der Waals surface area contributed by atoms with Gasteiger partial charge in [-0.2, -0.15) is 0 Å². The zero-order valence-electron chi connectivity index (χ0n) is 11.2. The average Bonchev–Trinajstić information content (AvgIpc) is 2.48. The van der Waals surface area contributed by atoms with Gasteiger partial charge in [-0.15, -0.1) is 0 Å². The number of hydrogen-bond donors (Lipinski definition) is 1. The molecule has 0 atom stereocenters. The molecule has 0 spiro atoms. The fraction of sp³-hybridized carbons (Fsp3) is 0.0667. The van der Waals surface area contributed by atoms with Crippen LogP contribution in [0.3, 0.4) is 0 Å². The van der Waals surface area contributed by atoms with Gasteiger partial charge < -0.3 is 5.32 Å². The van der Waals surface area contributed by atoms with Crippen molar-refractivity contribution in [1.29, 1.82) is 0 Å². The van der Waals surface area contributed by atoms with Gasteiger partial charge in [-0.3, -0.25) is 19.7 Å². The van der Waals surface area contributed by atoms with Gasteiger partial charge in [-0.25, -0.2) is 0 Å². The molecule has 0 saturated carbocycles. The monoisotopic (exact) mass is 284 g/mol. The maximum absolute atomic E-state index is 12.0. The molecule has 0 aliphatic heterocycles. The Balaban J connectivity index is 2.34. The van der Waals surface area contributed by atoms with Crippen LogP contribution in [0.5, 0.6) is 0 Å². The molecule has 1 amide bonds. The van der Waals surface area contributed by atoms with E-state index in [-0.39, 0.29) is 22.7 Å². The van der Waals surface area contributed by atoms with Crippen molar-refractivity contribution in [2.75, 3.05) is 5.32 Å². The van der Waals surface area contributed by atoms with Crippen LogP contribution in [0.25, 0.3) is 0 Å². The molecule has 6 heteroatoms. The molecule has 0 fully saturated rings. The van der Waals surface area contributed by atoms with E-state index in [1.165, 1.54) is 19.1 Å². The predicted molar refractivity (Wildman–Crippen MR) is 77.5 cm³/mol. The van der Waals surface area contributed by atoms with Gasteiger partial charge in [-0.1, -0.05) is 18.2 Å².